The number of aromatic nitrogens is 1. The monoisotopic (exact) mass is 291 g/mol. The highest BCUT2D eigenvalue weighted by Crippen LogP contribution is 2.29. The van der Waals surface area contributed by atoms with Gasteiger partial charge in [-0.1, -0.05) is 0 Å². The van der Waals surface area contributed by atoms with E-state index in [1.807, 2.05) is 0 Å². The maximum atomic E-state index is 12.6. The second kappa shape index (κ2) is 6.56. The lowest BCUT2D eigenvalue weighted by molar-refractivity contribution is -0.141. The van der Waals surface area contributed by atoms with Crippen molar-refractivity contribution in [3.8, 4) is 0 Å². The molecule has 4 N–H and O–H groups in total. The first-order valence-electron chi connectivity index (χ1n) is 6.01. The third-order valence-electron chi connectivity index (χ3n) is 2.63. The van der Waals surface area contributed by atoms with Crippen molar-refractivity contribution in [2.45, 2.75) is 32.0 Å². The van der Waals surface area contributed by atoms with Gasteiger partial charge in [0, 0.05) is 12.6 Å². The van der Waals surface area contributed by atoms with Gasteiger partial charge in [0.05, 0.1) is 5.56 Å². The molecule has 0 saturated heterocycles. The fourth-order valence-electron chi connectivity index (χ4n) is 1.63. The highest BCUT2D eigenvalue weighted by Gasteiger charge is 2.33. The summed E-state index contributed by atoms with van der Waals surface area (Å²) in [5.41, 5.74) is 3.91. The van der Waals surface area contributed by atoms with Crippen LogP contribution in [0.2, 0.25) is 0 Å². The van der Waals surface area contributed by atoms with E-state index in [1.54, 1.807) is 6.92 Å². The van der Waals surface area contributed by atoms with E-state index in [-0.39, 0.29) is 24.0 Å². The molecule has 1 amide bonds. The van der Waals surface area contributed by atoms with Crippen LogP contribution in [-0.2, 0) is 6.18 Å². The predicted molar refractivity (Wildman–Crippen MR) is 67.2 cm³/mol. The first kappa shape index (κ1) is 16.2. The van der Waals surface area contributed by atoms with Crippen molar-refractivity contribution in [3.63, 3.8) is 0 Å². The highest BCUT2D eigenvalue weighted by molar-refractivity contribution is 5.97. The summed E-state index contributed by atoms with van der Waals surface area (Å²) in [6.07, 6.45) is -3.59. The van der Waals surface area contributed by atoms with E-state index in [0.29, 0.717) is 18.9 Å². The molecule has 1 aromatic heterocycles. The van der Waals surface area contributed by atoms with Crippen molar-refractivity contribution in [3.05, 3.63) is 23.4 Å². The molecule has 1 unspecified atom stereocenters. The SMILES string of the molecule is CC(CCCO)Nc1nc(C(F)(F)F)ccc1C(N)=O. The molecule has 0 aliphatic rings. The van der Waals surface area contributed by atoms with E-state index in [2.05, 4.69) is 10.3 Å². The molecule has 0 aromatic carbocycles. The van der Waals surface area contributed by atoms with Gasteiger partial charge in [0.2, 0.25) is 0 Å². The number of carbonyl (C=O) groups excluding carboxylic acids is 1. The van der Waals surface area contributed by atoms with Gasteiger partial charge in [-0.15, -0.1) is 0 Å². The summed E-state index contributed by atoms with van der Waals surface area (Å²) in [7, 11) is 0. The molecule has 1 atom stereocenters. The van der Waals surface area contributed by atoms with Crippen LogP contribution < -0.4 is 11.1 Å². The Balaban J connectivity index is 3.03. The van der Waals surface area contributed by atoms with Crippen molar-refractivity contribution < 1.29 is 23.1 Å². The second-order valence-corrected chi connectivity index (χ2v) is 4.37. The zero-order valence-electron chi connectivity index (χ0n) is 10.9. The van der Waals surface area contributed by atoms with Gasteiger partial charge in [0.25, 0.3) is 5.91 Å². The average Bonchev–Trinajstić information content (AvgIpc) is 2.34. The second-order valence-electron chi connectivity index (χ2n) is 4.37. The summed E-state index contributed by atoms with van der Waals surface area (Å²) in [6, 6.07) is 1.46. The third kappa shape index (κ3) is 4.37. The maximum absolute atomic E-state index is 12.6. The Morgan fingerprint density at radius 3 is 2.65 bits per heavy atom. The van der Waals surface area contributed by atoms with Crippen molar-refractivity contribution >= 4 is 11.7 Å². The number of aliphatic hydroxyl groups is 1. The standard InChI is InChI=1S/C12H16F3N3O2/c1-7(3-2-6-19)17-11-8(10(16)20)4-5-9(18-11)12(13,14)15/h4-5,7,19H,2-3,6H2,1H3,(H2,16,20)(H,17,18). The van der Waals surface area contributed by atoms with Crippen molar-refractivity contribution in [1.82, 2.24) is 4.98 Å². The molecule has 0 aliphatic heterocycles. The molecule has 0 fully saturated rings. The molecule has 0 aliphatic carbocycles. The van der Waals surface area contributed by atoms with E-state index >= 15 is 0 Å². The Hall–Kier alpha value is -1.83. The van der Waals surface area contributed by atoms with Crippen LogP contribution in [-0.4, -0.2) is 28.6 Å². The number of nitrogens with one attached hydrogen (secondary N) is 1. The Labute approximate surface area is 114 Å². The molecule has 0 spiro atoms. The predicted octanol–water partition coefficient (Wildman–Crippen LogP) is 1.77. The molecular weight excluding hydrogens is 275 g/mol. The lowest BCUT2D eigenvalue weighted by Crippen LogP contribution is -2.23. The number of aliphatic hydroxyl groups excluding tert-OH is 1. The van der Waals surface area contributed by atoms with Crippen LogP contribution >= 0.6 is 0 Å². The van der Waals surface area contributed by atoms with Crippen LogP contribution in [0.25, 0.3) is 0 Å². The Morgan fingerprint density at radius 2 is 2.15 bits per heavy atom. The molecule has 20 heavy (non-hydrogen) atoms. The minimum absolute atomic E-state index is 0.0231. The fraction of sp³-hybridized carbons (Fsp3) is 0.500. The van der Waals surface area contributed by atoms with Gasteiger partial charge in [-0.3, -0.25) is 4.79 Å². The highest BCUT2D eigenvalue weighted by atomic mass is 19.4. The van der Waals surface area contributed by atoms with Gasteiger partial charge in [0.15, 0.2) is 0 Å². The van der Waals surface area contributed by atoms with Gasteiger partial charge in [-0.05, 0) is 31.9 Å². The van der Waals surface area contributed by atoms with Crippen molar-refractivity contribution in [2.24, 2.45) is 5.73 Å². The van der Waals surface area contributed by atoms with Crippen LogP contribution in [0.1, 0.15) is 35.8 Å². The summed E-state index contributed by atoms with van der Waals surface area (Å²) >= 11 is 0. The van der Waals surface area contributed by atoms with Crippen LogP contribution in [0, 0.1) is 0 Å². The number of nitrogens with zero attached hydrogens (tertiary/aromatic N) is 1. The Bertz CT molecular complexity index is 478. The number of pyridine rings is 1. The Kier molecular flexibility index (Phi) is 5.32. The van der Waals surface area contributed by atoms with E-state index < -0.39 is 17.8 Å². The first-order chi connectivity index (χ1) is 9.25. The van der Waals surface area contributed by atoms with E-state index in [1.165, 1.54) is 0 Å². The zero-order valence-corrected chi connectivity index (χ0v) is 10.9. The lowest BCUT2D eigenvalue weighted by Gasteiger charge is -2.17. The van der Waals surface area contributed by atoms with Crippen LogP contribution in [0.4, 0.5) is 19.0 Å². The average molecular weight is 291 g/mol. The number of hydrogen-bond donors (Lipinski definition) is 3. The maximum Gasteiger partial charge on any atom is 0.433 e. The normalized spacial score (nSPS) is 13.1. The number of halogens is 3. The summed E-state index contributed by atoms with van der Waals surface area (Å²) in [6.45, 7) is 1.69. The molecule has 0 saturated carbocycles. The smallest absolute Gasteiger partial charge is 0.396 e. The number of carbonyl (C=O) groups is 1. The minimum Gasteiger partial charge on any atom is -0.396 e. The number of rotatable bonds is 6. The molecule has 112 valence electrons. The van der Waals surface area contributed by atoms with Gasteiger partial charge in [-0.25, -0.2) is 4.98 Å². The number of nitrogens with two attached hydrogens (primary N) is 1. The number of primary amides is 1. The summed E-state index contributed by atoms with van der Waals surface area (Å²) in [5, 5.41) is 11.4. The molecule has 0 bridgehead atoms. The zero-order chi connectivity index (χ0) is 15.3. The van der Waals surface area contributed by atoms with Gasteiger partial charge in [-0.2, -0.15) is 13.2 Å². The summed E-state index contributed by atoms with van der Waals surface area (Å²) < 4.78 is 37.8. The van der Waals surface area contributed by atoms with E-state index in [0.717, 1.165) is 6.07 Å². The number of anilines is 1. The first-order valence-corrected chi connectivity index (χ1v) is 6.01. The van der Waals surface area contributed by atoms with Gasteiger partial charge >= 0.3 is 6.18 Å². The van der Waals surface area contributed by atoms with Crippen molar-refractivity contribution in [2.75, 3.05) is 11.9 Å². The van der Waals surface area contributed by atoms with Crippen molar-refractivity contribution in [1.29, 1.82) is 0 Å². The third-order valence-corrected chi connectivity index (χ3v) is 2.63. The fourth-order valence-corrected chi connectivity index (χ4v) is 1.63. The van der Waals surface area contributed by atoms with Crippen LogP contribution in [0.15, 0.2) is 12.1 Å². The Morgan fingerprint density at radius 1 is 1.50 bits per heavy atom. The van der Waals surface area contributed by atoms with Gasteiger partial charge < -0.3 is 16.2 Å². The largest absolute Gasteiger partial charge is 0.433 e. The quantitative estimate of drug-likeness (QED) is 0.745. The van der Waals surface area contributed by atoms with E-state index in [4.69, 9.17) is 10.8 Å². The number of alkyl halides is 3. The molecule has 1 heterocycles. The van der Waals surface area contributed by atoms with Crippen LogP contribution in [0.3, 0.4) is 0 Å². The molecule has 0 radical (unpaired) electrons. The lowest BCUT2D eigenvalue weighted by atomic mass is 10.1. The van der Waals surface area contributed by atoms with Gasteiger partial charge in [0.1, 0.15) is 11.5 Å². The summed E-state index contributed by atoms with van der Waals surface area (Å²) in [5.74, 6) is -1.05. The summed E-state index contributed by atoms with van der Waals surface area (Å²) in [4.78, 5) is 14.6. The molecule has 8 heteroatoms. The topological polar surface area (TPSA) is 88.2 Å². The van der Waals surface area contributed by atoms with Crippen LogP contribution in [0.5, 0.6) is 0 Å². The molecule has 1 aromatic rings. The number of amides is 1. The molecule has 1 rings (SSSR count). The van der Waals surface area contributed by atoms with E-state index in [9.17, 15) is 18.0 Å². The number of hydrogen-bond acceptors (Lipinski definition) is 4. The minimum atomic E-state index is -4.60. The molecular formula is C12H16F3N3O2. The molecule has 5 nitrogen and oxygen atoms in total.